The third-order valence-electron chi connectivity index (χ3n) is 1.26. The minimum Gasteiger partial charge on any atom is -0.425 e. The molecule has 0 bridgehead atoms. The SMILES string of the molecule is CC(=O)Oc1cc(Cl)cnc1C. The summed E-state index contributed by atoms with van der Waals surface area (Å²) in [5.41, 5.74) is 0.648. The van der Waals surface area contributed by atoms with Gasteiger partial charge >= 0.3 is 5.97 Å². The molecule has 12 heavy (non-hydrogen) atoms. The smallest absolute Gasteiger partial charge is 0.308 e. The quantitative estimate of drug-likeness (QED) is 0.628. The number of carbonyl (C=O) groups is 1. The molecule has 1 heterocycles. The molecule has 0 radical (unpaired) electrons. The zero-order valence-corrected chi connectivity index (χ0v) is 7.55. The molecular formula is C8H8ClNO2. The standard InChI is InChI=1S/C8H8ClNO2/c1-5-8(12-6(2)11)3-7(9)4-10-5/h3-4H,1-2H3. The highest BCUT2D eigenvalue weighted by molar-refractivity contribution is 6.30. The molecule has 0 fully saturated rings. The van der Waals surface area contributed by atoms with E-state index in [9.17, 15) is 4.79 Å². The highest BCUT2D eigenvalue weighted by atomic mass is 35.5. The summed E-state index contributed by atoms with van der Waals surface area (Å²) < 4.78 is 4.84. The van der Waals surface area contributed by atoms with E-state index in [0.717, 1.165) is 0 Å². The van der Waals surface area contributed by atoms with Crippen molar-refractivity contribution in [2.75, 3.05) is 0 Å². The number of aryl methyl sites for hydroxylation is 1. The largest absolute Gasteiger partial charge is 0.425 e. The van der Waals surface area contributed by atoms with Crippen LogP contribution >= 0.6 is 11.6 Å². The van der Waals surface area contributed by atoms with Crippen molar-refractivity contribution in [1.82, 2.24) is 4.98 Å². The first-order chi connectivity index (χ1) is 5.59. The van der Waals surface area contributed by atoms with E-state index in [0.29, 0.717) is 16.5 Å². The van der Waals surface area contributed by atoms with Gasteiger partial charge in [-0.2, -0.15) is 0 Å². The lowest BCUT2D eigenvalue weighted by atomic mass is 10.3. The summed E-state index contributed by atoms with van der Waals surface area (Å²) in [4.78, 5) is 14.5. The molecule has 0 N–H and O–H groups in total. The number of aromatic nitrogens is 1. The Morgan fingerprint density at radius 3 is 2.92 bits per heavy atom. The fourth-order valence-electron chi connectivity index (χ4n) is 0.747. The molecule has 0 saturated carbocycles. The summed E-state index contributed by atoms with van der Waals surface area (Å²) in [5.74, 6) is 0.0390. The fraction of sp³-hybridized carbons (Fsp3) is 0.250. The van der Waals surface area contributed by atoms with Gasteiger partial charge in [0.2, 0.25) is 0 Å². The number of hydrogen-bond donors (Lipinski definition) is 0. The van der Waals surface area contributed by atoms with Crippen LogP contribution in [0.25, 0.3) is 0 Å². The first-order valence-corrected chi connectivity index (χ1v) is 3.78. The van der Waals surface area contributed by atoms with Crippen molar-refractivity contribution in [3.63, 3.8) is 0 Å². The summed E-state index contributed by atoms with van der Waals surface area (Å²) in [6.07, 6.45) is 1.50. The highest BCUT2D eigenvalue weighted by Crippen LogP contribution is 2.19. The molecule has 4 heteroatoms. The topological polar surface area (TPSA) is 39.2 Å². The molecule has 0 unspecified atom stereocenters. The summed E-state index contributed by atoms with van der Waals surface area (Å²) in [7, 11) is 0. The fourth-order valence-corrected chi connectivity index (χ4v) is 0.895. The third-order valence-corrected chi connectivity index (χ3v) is 1.47. The summed E-state index contributed by atoms with van der Waals surface area (Å²) in [6, 6.07) is 1.56. The number of esters is 1. The lowest BCUT2D eigenvalue weighted by molar-refractivity contribution is -0.131. The minimum atomic E-state index is -0.373. The average Bonchev–Trinajstić information content (AvgIpc) is 1.96. The predicted molar refractivity (Wildman–Crippen MR) is 45.3 cm³/mol. The highest BCUT2D eigenvalue weighted by Gasteiger charge is 2.03. The lowest BCUT2D eigenvalue weighted by Gasteiger charge is -2.03. The Balaban J connectivity index is 2.97. The van der Waals surface area contributed by atoms with Gasteiger partial charge in [-0.1, -0.05) is 11.6 Å². The van der Waals surface area contributed by atoms with Crippen LogP contribution in [0.4, 0.5) is 0 Å². The van der Waals surface area contributed by atoms with E-state index in [-0.39, 0.29) is 5.97 Å². The van der Waals surface area contributed by atoms with Crippen molar-refractivity contribution in [2.45, 2.75) is 13.8 Å². The van der Waals surface area contributed by atoms with E-state index in [1.807, 2.05) is 0 Å². The van der Waals surface area contributed by atoms with Gasteiger partial charge in [0.05, 0.1) is 10.7 Å². The molecule has 0 spiro atoms. The molecule has 1 aromatic heterocycles. The Bertz CT molecular complexity index is 312. The van der Waals surface area contributed by atoms with Crippen LogP contribution in [0.5, 0.6) is 5.75 Å². The number of pyridine rings is 1. The maximum absolute atomic E-state index is 10.6. The number of hydrogen-bond acceptors (Lipinski definition) is 3. The van der Waals surface area contributed by atoms with Gasteiger partial charge in [0.25, 0.3) is 0 Å². The van der Waals surface area contributed by atoms with Crippen LogP contribution in [-0.4, -0.2) is 11.0 Å². The van der Waals surface area contributed by atoms with Crippen LogP contribution < -0.4 is 4.74 Å². The van der Waals surface area contributed by atoms with E-state index in [1.54, 1.807) is 13.0 Å². The van der Waals surface area contributed by atoms with E-state index in [4.69, 9.17) is 16.3 Å². The molecule has 1 aromatic rings. The lowest BCUT2D eigenvalue weighted by Crippen LogP contribution is -2.03. The second kappa shape index (κ2) is 3.54. The van der Waals surface area contributed by atoms with Gasteiger partial charge in [0, 0.05) is 19.2 Å². The van der Waals surface area contributed by atoms with Crippen molar-refractivity contribution in [1.29, 1.82) is 0 Å². The second-order valence-corrected chi connectivity index (χ2v) is 2.77. The van der Waals surface area contributed by atoms with Crippen molar-refractivity contribution in [2.24, 2.45) is 0 Å². The Morgan fingerprint density at radius 1 is 1.67 bits per heavy atom. The van der Waals surface area contributed by atoms with Crippen LogP contribution in [0.2, 0.25) is 5.02 Å². The number of ether oxygens (including phenoxy) is 1. The van der Waals surface area contributed by atoms with Gasteiger partial charge in [0.15, 0.2) is 5.75 Å². The summed E-state index contributed by atoms with van der Waals surface area (Å²) >= 11 is 5.65. The van der Waals surface area contributed by atoms with Crippen molar-refractivity contribution in [3.05, 3.63) is 23.0 Å². The minimum absolute atomic E-state index is 0.373. The molecule has 1 rings (SSSR count). The summed E-state index contributed by atoms with van der Waals surface area (Å²) in [6.45, 7) is 3.08. The molecule has 64 valence electrons. The van der Waals surface area contributed by atoms with Crippen molar-refractivity contribution in [3.8, 4) is 5.75 Å². The van der Waals surface area contributed by atoms with E-state index in [2.05, 4.69) is 4.98 Å². The van der Waals surface area contributed by atoms with E-state index in [1.165, 1.54) is 13.1 Å². The summed E-state index contributed by atoms with van der Waals surface area (Å²) in [5, 5.41) is 0.455. The molecule has 0 saturated heterocycles. The zero-order valence-electron chi connectivity index (χ0n) is 6.80. The maximum atomic E-state index is 10.6. The maximum Gasteiger partial charge on any atom is 0.308 e. The number of halogens is 1. The first kappa shape index (κ1) is 9.00. The van der Waals surface area contributed by atoms with Crippen LogP contribution in [0.15, 0.2) is 12.3 Å². The molecule has 0 amide bonds. The third kappa shape index (κ3) is 2.20. The van der Waals surface area contributed by atoms with Crippen LogP contribution in [0, 0.1) is 6.92 Å². The van der Waals surface area contributed by atoms with Crippen LogP contribution in [0.1, 0.15) is 12.6 Å². The molecule has 0 aliphatic carbocycles. The molecule has 0 aromatic carbocycles. The molecule has 0 aliphatic heterocycles. The van der Waals surface area contributed by atoms with E-state index >= 15 is 0 Å². The Hall–Kier alpha value is -1.09. The number of carbonyl (C=O) groups excluding carboxylic acids is 1. The molecule has 0 atom stereocenters. The van der Waals surface area contributed by atoms with E-state index < -0.39 is 0 Å². The second-order valence-electron chi connectivity index (χ2n) is 2.33. The molecule has 0 aliphatic rings. The normalized spacial score (nSPS) is 9.58. The van der Waals surface area contributed by atoms with Gasteiger partial charge in [-0.3, -0.25) is 9.78 Å². The monoisotopic (exact) mass is 185 g/mol. The van der Waals surface area contributed by atoms with Gasteiger partial charge in [0.1, 0.15) is 0 Å². The van der Waals surface area contributed by atoms with Crippen molar-refractivity contribution >= 4 is 17.6 Å². The Morgan fingerprint density at radius 2 is 2.33 bits per heavy atom. The van der Waals surface area contributed by atoms with Gasteiger partial charge in [-0.15, -0.1) is 0 Å². The van der Waals surface area contributed by atoms with Gasteiger partial charge in [-0.05, 0) is 6.92 Å². The first-order valence-electron chi connectivity index (χ1n) is 3.40. The Labute approximate surface area is 75.3 Å². The number of nitrogens with zero attached hydrogens (tertiary/aromatic N) is 1. The van der Waals surface area contributed by atoms with Gasteiger partial charge < -0.3 is 4.74 Å². The Kier molecular flexibility index (Phi) is 2.65. The van der Waals surface area contributed by atoms with Crippen LogP contribution in [0.3, 0.4) is 0 Å². The zero-order chi connectivity index (χ0) is 9.14. The predicted octanol–water partition coefficient (Wildman–Crippen LogP) is 1.97. The molecule has 3 nitrogen and oxygen atoms in total. The number of rotatable bonds is 1. The van der Waals surface area contributed by atoms with Crippen molar-refractivity contribution < 1.29 is 9.53 Å². The molecular weight excluding hydrogens is 178 g/mol. The van der Waals surface area contributed by atoms with Gasteiger partial charge in [-0.25, -0.2) is 0 Å². The average molecular weight is 186 g/mol. The van der Waals surface area contributed by atoms with Crippen LogP contribution in [-0.2, 0) is 4.79 Å².